The van der Waals surface area contributed by atoms with Crippen LogP contribution in [0.15, 0.2) is 24.7 Å². The Bertz CT molecular complexity index is 560. The van der Waals surface area contributed by atoms with E-state index in [9.17, 15) is 9.18 Å². The molecule has 0 aliphatic rings. The summed E-state index contributed by atoms with van der Waals surface area (Å²) in [5.74, 6) is -1.05. The summed E-state index contributed by atoms with van der Waals surface area (Å²) < 4.78 is 14.6. The van der Waals surface area contributed by atoms with Crippen LogP contribution < -0.4 is 5.32 Å². The Morgan fingerprint density at radius 1 is 1.53 bits per heavy atom. The maximum atomic E-state index is 13.0. The van der Waals surface area contributed by atoms with Crippen LogP contribution in [0.3, 0.4) is 0 Å². The van der Waals surface area contributed by atoms with Crippen molar-refractivity contribution >= 4 is 17.5 Å². The number of amides is 1. The van der Waals surface area contributed by atoms with Crippen LogP contribution in [0.25, 0.3) is 0 Å². The Balaban J connectivity index is 1.82. The van der Waals surface area contributed by atoms with E-state index in [0.717, 1.165) is 12.3 Å². The van der Waals surface area contributed by atoms with Crippen LogP contribution in [0.2, 0.25) is 5.15 Å². The monoisotopic (exact) mass is 283 g/mol. The van der Waals surface area contributed by atoms with E-state index in [0.29, 0.717) is 19.5 Å². The fourth-order valence-electron chi connectivity index (χ4n) is 1.47. The molecule has 0 aromatic carbocycles. The van der Waals surface area contributed by atoms with Crippen LogP contribution in [0.1, 0.15) is 16.8 Å². The summed E-state index contributed by atoms with van der Waals surface area (Å²) in [6.07, 6.45) is 4.95. The van der Waals surface area contributed by atoms with Crippen LogP contribution in [0, 0.1) is 5.82 Å². The molecule has 0 bridgehead atoms. The zero-order valence-corrected chi connectivity index (χ0v) is 10.6. The zero-order chi connectivity index (χ0) is 13.7. The number of aromatic nitrogens is 4. The number of nitrogens with one attached hydrogen (secondary N) is 1. The van der Waals surface area contributed by atoms with Gasteiger partial charge in [0.15, 0.2) is 0 Å². The maximum absolute atomic E-state index is 13.0. The lowest BCUT2D eigenvalue weighted by atomic mass is 10.2. The molecule has 8 heteroatoms. The molecule has 0 saturated carbocycles. The molecule has 0 atom stereocenters. The Morgan fingerprint density at radius 3 is 3.11 bits per heavy atom. The number of aryl methyl sites for hydroxylation is 1. The van der Waals surface area contributed by atoms with Crippen molar-refractivity contribution < 1.29 is 9.18 Å². The number of nitrogens with zero attached hydrogens (tertiary/aromatic N) is 4. The highest BCUT2D eigenvalue weighted by molar-refractivity contribution is 6.32. The van der Waals surface area contributed by atoms with Crippen molar-refractivity contribution in [1.29, 1.82) is 0 Å². The minimum Gasteiger partial charge on any atom is -0.352 e. The predicted molar refractivity (Wildman–Crippen MR) is 66.2 cm³/mol. The van der Waals surface area contributed by atoms with Gasteiger partial charge in [-0.1, -0.05) is 16.8 Å². The molecule has 0 unspecified atom stereocenters. The number of carbonyl (C=O) groups excluding carboxylic acids is 1. The molecule has 6 nitrogen and oxygen atoms in total. The second-order valence-corrected chi connectivity index (χ2v) is 4.13. The summed E-state index contributed by atoms with van der Waals surface area (Å²) >= 11 is 5.72. The fraction of sp³-hybridized carbons (Fsp3) is 0.273. The average Bonchev–Trinajstić information content (AvgIpc) is 2.90. The molecule has 2 rings (SSSR count). The number of rotatable bonds is 5. The van der Waals surface area contributed by atoms with Crippen LogP contribution in [-0.4, -0.2) is 32.4 Å². The lowest BCUT2D eigenvalue weighted by Crippen LogP contribution is -2.26. The Morgan fingerprint density at radius 2 is 2.37 bits per heavy atom. The van der Waals surface area contributed by atoms with Crippen molar-refractivity contribution in [3.05, 3.63) is 41.2 Å². The minimum atomic E-state index is -0.600. The lowest BCUT2D eigenvalue weighted by Gasteiger charge is -2.06. The average molecular weight is 284 g/mol. The summed E-state index contributed by atoms with van der Waals surface area (Å²) in [6, 6.07) is 1.06. The molecule has 0 aliphatic heterocycles. The van der Waals surface area contributed by atoms with E-state index < -0.39 is 11.7 Å². The number of halogens is 2. The van der Waals surface area contributed by atoms with Crippen molar-refractivity contribution in [2.75, 3.05) is 6.54 Å². The largest absolute Gasteiger partial charge is 0.352 e. The molecule has 19 heavy (non-hydrogen) atoms. The van der Waals surface area contributed by atoms with Crippen molar-refractivity contribution in [2.45, 2.75) is 13.0 Å². The first kappa shape index (κ1) is 13.4. The normalized spacial score (nSPS) is 10.4. The summed E-state index contributed by atoms with van der Waals surface area (Å²) in [5, 5.41) is 10.1. The lowest BCUT2D eigenvalue weighted by molar-refractivity contribution is 0.0952. The van der Waals surface area contributed by atoms with Gasteiger partial charge in [0.2, 0.25) is 0 Å². The van der Waals surface area contributed by atoms with Crippen LogP contribution in [0.5, 0.6) is 0 Å². The molecule has 0 spiro atoms. The standard InChI is InChI=1S/C11H11ClFN5O/c12-10-9(6-8(13)7-15-10)11(19)14-2-1-4-18-5-3-16-17-18/h3,5-7H,1-2,4H2,(H,14,19). The first-order valence-electron chi connectivity index (χ1n) is 5.60. The molecule has 0 fully saturated rings. The van der Waals surface area contributed by atoms with Gasteiger partial charge >= 0.3 is 0 Å². The molecule has 100 valence electrons. The highest BCUT2D eigenvalue weighted by atomic mass is 35.5. The van der Waals surface area contributed by atoms with Gasteiger partial charge in [0.05, 0.1) is 18.0 Å². The molecule has 0 aliphatic carbocycles. The van der Waals surface area contributed by atoms with Crippen LogP contribution in [0.4, 0.5) is 4.39 Å². The third-order valence-electron chi connectivity index (χ3n) is 2.37. The molecular formula is C11H11ClFN5O. The summed E-state index contributed by atoms with van der Waals surface area (Å²) in [5.41, 5.74) is 0.0300. The maximum Gasteiger partial charge on any atom is 0.254 e. The summed E-state index contributed by atoms with van der Waals surface area (Å²) in [4.78, 5) is 15.3. The molecule has 2 aromatic heterocycles. The second-order valence-electron chi connectivity index (χ2n) is 3.77. The van der Waals surface area contributed by atoms with Crippen LogP contribution >= 0.6 is 11.6 Å². The first-order valence-corrected chi connectivity index (χ1v) is 5.98. The van der Waals surface area contributed by atoms with Gasteiger partial charge in [-0.25, -0.2) is 9.37 Å². The second kappa shape index (κ2) is 6.24. The molecule has 2 heterocycles. The van der Waals surface area contributed by atoms with E-state index in [4.69, 9.17) is 11.6 Å². The van der Waals surface area contributed by atoms with Crippen molar-refractivity contribution in [3.8, 4) is 0 Å². The van der Waals surface area contributed by atoms with E-state index in [1.165, 1.54) is 0 Å². The summed E-state index contributed by atoms with van der Waals surface area (Å²) in [6.45, 7) is 1.06. The van der Waals surface area contributed by atoms with Crippen molar-refractivity contribution in [2.24, 2.45) is 0 Å². The van der Waals surface area contributed by atoms with Gasteiger partial charge in [0.25, 0.3) is 5.91 Å². The molecule has 2 aromatic rings. The van der Waals surface area contributed by atoms with E-state index in [1.807, 2.05) is 0 Å². The van der Waals surface area contributed by atoms with Gasteiger partial charge < -0.3 is 5.32 Å². The Labute approximate surface area is 113 Å². The molecule has 1 N–H and O–H groups in total. The Kier molecular flexibility index (Phi) is 4.40. The number of carbonyl (C=O) groups is 1. The quantitative estimate of drug-likeness (QED) is 0.663. The summed E-state index contributed by atoms with van der Waals surface area (Å²) in [7, 11) is 0. The smallest absolute Gasteiger partial charge is 0.254 e. The van der Waals surface area contributed by atoms with E-state index in [-0.39, 0.29) is 10.7 Å². The Hall–Kier alpha value is -2.02. The third kappa shape index (κ3) is 3.72. The highest BCUT2D eigenvalue weighted by Crippen LogP contribution is 2.13. The van der Waals surface area contributed by atoms with E-state index in [1.54, 1.807) is 17.1 Å². The van der Waals surface area contributed by atoms with E-state index >= 15 is 0 Å². The topological polar surface area (TPSA) is 72.7 Å². The number of hydrogen-bond donors (Lipinski definition) is 1. The van der Waals surface area contributed by atoms with Gasteiger partial charge in [-0.05, 0) is 12.5 Å². The molecule has 0 saturated heterocycles. The molecular weight excluding hydrogens is 273 g/mol. The fourth-order valence-corrected chi connectivity index (χ4v) is 1.66. The highest BCUT2D eigenvalue weighted by Gasteiger charge is 2.11. The number of pyridine rings is 1. The zero-order valence-electron chi connectivity index (χ0n) is 9.88. The minimum absolute atomic E-state index is 0.0184. The number of hydrogen-bond acceptors (Lipinski definition) is 4. The van der Waals surface area contributed by atoms with E-state index in [2.05, 4.69) is 20.6 Å². The first-order chi connectivity index (χ1) is 9.16. The van der Waals surface area contributed by atoms with Gasteiger partial charge in [-0.3, -0.25) is 9.48 Å². The van der Waals surface area contributed by atoms with Gasteiger partial charge in [0, 0.05) is 19.3 Å². The van der Waals surface area contributed by atoms with Gasteiger partial charge in [-0.2, -0.15) is 0 Å². The van der Waals surface area contributed by atoms with Crippen LogP contribution in [-0.2, 0) is 6.54 Å². The predicted octanol–water partition coefficient (Wildman–Crippen LogP) is 1.29. The van der Waals surface area contributed by atoms with Crippen molar-refractivity contribution in [3.63, 3.8) is 0 Å². The molecule has 1 amide bonds. The van der Waals surface area contributed by atoms with Gasteiger partial charge in [0.1, 0.15) is 11.0 Å². The van der Waals surface area contributed by atoms with Gasteiger partial charge in [-0.15, -0.1) is 5.10 Å². The molecule has 0 radical (unpaired) electrons. The van der Waals surface area contributed by atoms with Crippen molar-refractivity contribution in [1.82, 2.24) is 25.3 Å². The third-order valence-corrected chi connectivity index (χ3v) is 2.67. The SMILES string of the molecule is O=C(NCCCn1ccnn1)c1cc(F)cnc1Cl.